The van der Waals surface area contributed by atoms with Gasteiger partial charge < -0.3 is 10.1 Å². The molecule has 0 saturated heterocycles. The zero-order valence-electron chi connectivity index (χ0n) is 15.1. The van der Waals surface area contributed by atoms with Crippen LogP contribution in [0.4, 0.5) is 5.69 Å². The molecule has 1 amide bonds. The predicted octanol–water partition coefficient (Wildman–Crippen LogP) is 4.78. The van der Waals surface area contributed by atoms with Crippen LogP contribution in [-0.2, 0) is 10.2 Å². The molecule has 2 rings (SSSR count). The third-order valence-corrected chi connectivity index (χ3v) is 3.63. The summed E-state index contributed by atoms with van der Waals surface area (Å²) in [5, 5.41) is 11.9. The van der Waals surface area contributed by atoms with E-state index < -0.39 is 0 Å². The minimum Gasteiger partial charge on any atom is -0.439 e. The predicted molar refractivity (Wildman–Crippen MR) is 97.7 cm³/mol. The Morgan fingerprint density at radius 2 is 2.04 bits per heavy atom. The molecule has 1 N–H and O–H groups in total. The van der Waals surface area contributed by atoms with E-state index in [1.807, 2.05) is 13.0 Å². The van der Waals surface area contributed by atoms with Gasteiger partial charge in [-0.05, 0) is 36.1 Å². The van der Waals surface area contributed by atoms with Gasteiger partial charge in [-0.3, -0.25) is 4.79 Å². The van der Waals surface area contributed by atoms with Crippen LogP contribution in [0.3, 0.4) is 0 Å². The van der Waals surface area contributed by atoms with Gasteiger partial charge in [-0.1, -0.05) is 27.7 Å². The van der Waals surface area contributed by atoms with E-state index in [1.165, 1.54) is 0 Å². The zero-order valence-corrected chi connectivity index (χ0v) is 15.1. The first-order chi connectivity index (χ1) is 11.8. The summed E-state index contributed by atoms with van der Waals surface area (Å²) in [5.74, 6) is 1.07. The maximum absolute atomic E-state index is 11.6. The maximum Gasteiger partial charge on any atom is 0.224 e. The SMILES string of the molecule is CCCC(=O)Nc1ccc(Oc2ccc(C#N)cc2C(C)(C)C)nc1. The van der Waals surface area contributed by atoms with Crippen LogP contribution in [0.25, 0.3) is 0 Å². The molecule has 0 bridgehead atoms. The van der Waals surface area contributed by atoms with Crippen LogP contribution in [0.5, 0.6) is 11.6 Å². The summed E-state index contributed by atoms with van der Waals surface area (Å²) < 4.78 is 5.91. The molecular formula is C20H23N3O2. The van der Waals surface area contributed by atoms with Crippen LogP contribution >= 0.6 is 0 Å². The van der Waals surface area contributed by atoms with Gasteiger partial charge in [-0.15, -0.1) is 0 Å². The molecule has 5 nitrogen and oxygen atoms in total. The van der Waals surface area contributed by atoms with Gasteiger partial charge in [-0.2, -0.15) is 5.26 Å². The minimum absolute atomic E-state index is 0.0277. The monoisotopic (exact) mass is 337 g/mol. The fourth-order valence-corrected chi connectivity index (χ4v) is 2.35. The van der Waals surface area contributed by atoms with Gasteiger partial charge in [-0.25, -0.2) is 4.98 Å². The number of nitrogens with zero attached hydrogens (tertiary/aromatic N) is 2. The summed E-state index contributed by atoms with van der Waals surface area (Å²) >= 11 is 0. The normalized spacial score (nSPS) is 10.8. The molecule has 130 valence electrons. The number of anilines is 1. The first-order valence-electron chi connectivity index (χ1n) is 8.32. The second-order valence-corrected chi connectivity index (χ2v) is 6.86. The molecule has 1 heterocycles. The van der Waals surface area contributed by atoms with Crippen LogP contribution in [0.1, 0.15) is 51.7 Å². The number of carbonyl (C=O) groups is 1. The first kappa shape index (κ1) is 18.5. The highest BCUT2D eigenvalue weighted by molar-refractivity contribution is 5.90. The lowest BCUT2D eigenvalue weighted by molar-refractivity contribution is -0.116. The Balaban J connectivity index is 2.20. The number of aromatic nitrogens is 1. The van der Waals surface area contributed by atoms with Crippen molar-refractivity contribution in [2.45, 2.75) is 46.0 Å². The van der Waals surface area contributed by atoms with E-state index >= 15 is 0 Å². The van der Waals surface area contributed by atoms with E-state index in [0.717, 1.165) is 12.0 Å². The lowest BCUT2D eigenvalue weighted by atomic mass is 9.85. The van der Waals surface area contributed by atoms with Crippen molar-refractivity contribution in [1.29, 1.82) is 5.26 Å². The summed E-state index contributed by atoms with van der Waals surface area (Å²) in [6.07, 6.45) is 2.86. The molecule has 1 aromatic heterocycles. The fraction of sp³-hybridized carbons (Fsp3) is 0.350. The van der Waals surface area contributed by atoms with E-state index in [0.29, 0.717) is 29.3 Å². The summed E-state index contributed by atoms with van der Waals surface area (Å²) in [7, 11) is 0. The van der Waals surface area contributed by atoms with Crippen LogP contribution in [-0.4, -0.2) is 10.9 Å². The van der Waals surface area contributed by atoms with Crippen molar-refractivity contribution in [2.75, 3.05) is 5.32 Å². The third kappa shape index (κ3) is 5.05. The summed E-state index contributed by atoms with van der Waals surface area (Å²) in [4.78, 5) is 15.9. The molecule has 5 heteroatoms. The van der Waals surface area contributed by atoms with Crippen molar-refractivity contribution < 1.29 is 9.53 Å². The number of nitriles is 1. The Hall–Kier alpha value is -2.87. The third-order valence-electron chi connectivity index (χ3n) is 3.63. The number of nitrogens with one attached hydrogen (secondary N) is 1. The van der Waals surface area contributed by atoms with Crippen LogP contribution in [0, 0.1) is 11.3 Å². The molecular weight excluding hydrogens is 314 g/mol. The molecule has 0 radical (unpaired) electrons. The van der Waals surface area contributed by atoms with E-state index in [2.05, 4.69) is 37.1 Å². The number of benzene rings is 1. The average Bonchev–Trinajstić information content (AvgIpc) is 2.56. The second-order valence-electron chi connectivity index (χ2n) is 6.86. The average molecular weight is 337 g/mol. The van der Waals surface area contributed by atoms with Gasteiger partial charge in [0, 0.05) is 18.1 Å². The number of hydrogen-bond donors (Lipinski definition) is 1. The smallest absolute Gasteiger partial charge is 0.224 e. The van der Waals surface area contributed by atoms with Crippen molar-refractivity contribution in [3.05, 3.63) is 47.7 Å². The van der Waals surface area contributed by atoms with Crippen molar-refractivity contribution in [3.63, 3.8) is 0 Å². The quantitative estimate of drug-likeness (QED) is 0.852. The molecule has 0 spiro atoms. The molecule has 0 aliphatic carbocycles. The van der Waals surface area contributed by atoms with Crippen LogP contribution in [0.2, 0.25) is 0 Å². The molecule has 25 heavy (non-hydrogen) atoms. The molecule has 0 saturated carbocycles. The number of hydrogen-bond acceptors (Lipinski definition) is 4. The van der Waals surface area contributed by atoms with Gasteiger partial charge >= 0.3 is 0 Å². The zero-order chi connectivity index (χ0) is 18.4. The lowest BCUT2D eigenvalue weighted by Crippen LogP contribution is -2.13. The Kier molecular flexibility index (Phi) is 5.76. The number of ether oxygens (including phenoxy) is 1. The number of pyridine rings is 1. The molecule has 0 aliphatic rings. The van der Waals surface area contributed by atoms with Crippen molar-refractivity contribution in [3.8, 4) is 17.7 Å². The van der Waals surface area contributed by atoms with Gasteiger partial charge in [0.2, 0.25) is 11.8 Å². The topological polar surface area (TPSA) is 75.0 Å². The Bertz CT molecular complexity index is 784. The van der Waals surface area contributed by atoms with Gasteiger partial charge in [0.1, 0.15) is 5.75 Å². The second kappa shape index (κ2) is 7.80. The number of amides is 1. The number of carbonyl (C=O) groups excluding carboxylic acids is 1. The van der Waals surface area contributed by atoms with E-state index in [4.69, 9.17) is 10.00 Å². The van der Waals surface area contributed by atoms with E-state index in [9.17, 15) is 4.79 Å². The molecule has 2 aromatic rings. The Morgan fingerprint density at radius 1 is 1.28 bits per heavy atom. The number of rotatable bonds is 5. The van der Waals surface area contributed by atoms with Crippen molar-refractivity contribution >= 4 is 11.6 Å². The highest BCUT2D eigenvalue weighted by atomic mass is 16.5. The molecule has 0 atom stereocenters. The molecule has 0 unspecified atom stereocenters. The largest absolute Gasteiger partial charge is 0.439 e. The summed E-state index contributed by atoms with van der Waals surface area (Å²) in [6.45, 7) is 8.15. The Morgan fingerprint density at radius 3 is 2.60 bits per heavy atom. The Labute approximate surface area is 148 Å². The van der Waals surface area contributed by atoms with Crippen LogP contribution < -0.4 is 10.1 Å². The highest BCUT2D eigenvalue weighted by Crippen LogP contribution is 2.34. The van der Waals surface area contributed by atoms with Gasteiger partial charge in [0.25, 0.3) is 0 Å². The summed E-state index contributed by atoms with van der Waals surface area (Å²) in [5.41, 5.74) is 2.01. The molecule has 1 aromatic carbocycles. The standard InChI is InChI=1S/C20H23N3O2/c1-5-6-18(24)23-15-8-10-19(22-13-15)25-17-9-7-14(12-21)11-16(17)20(2,3)4/h7-11,13H,5-6H2,1-4H3,(H,23,24). The van der Waals surface area contributed by atoms with Crippen molar-refractivity contribution in [2.24, 2.45) is 0 Å². The van der Waals surface area contributed by atoms with Crippen molar-refractivity contribution in [1.82, 2.24) is 4.98 Å². The van der Waals surface area contributed by atoms with Gasteiger partial charge in [0.05, 0.1) is 23.5 Å². The van der Waals surface area contributed by atoms with E-state index in [1.54, 1.807) is 30.5 Å². The molecule has 0 aliphatic heterocycles. The highest BCUT2D eigenvalue weighted by Gasteiger charge is 2.20. The lowest BCUT2D eigenvalue weighted by Gasteiger charge is -2.22. The van der Waals surface area contributed by atoms with E-state index in [-0.39, 0.29) is 11.3 Å². The van der Waals surface area contributed by atoms with Crippen LogP contribution in [0.15, 0.2) is 36.5 Å². The first-order valence-corrected chi connectivity index (χ1v) is 8.32. The minimum atomic E-state index is -0.170. The summed E-state index contributed by atoms with van der Waals surface area (Å²) in [6, 6.07) is 11.0. The fourth-order valence-electron chi connectivity index (χ4n) is 2.35. The maximum atomic E-state index is 11.6. The molecule has 0 fully saturated rings. The van der Waals surface area contributed by atoms with Gasteiger partial charge in [0.15, 0.2) is 0 Å².